The first-order valence-electron chi connectivity index (χ1n) is 4.86. The van der Waals surface area contributed by atoms with Crippen molar-refractivity contribution in [2.75, 3.05) is 13.2 Å². The normalized spacial score (nSPS) is 34.2. The van der Waals surface area contributed by atoms with Gasteiger partial charge in [-0.25, -0.2) is 0 Å². The molecule has 1 spiro atoms. The van der Waals surface area contributed by atoms with Crippen molar-refractivity contribution < 1.29 is 19.7 Å². The van der Waals surface area contributed by atoms with E-state index in [1.165, 1.54) is 0 Å². The second kappa shape index (κ2) is 3.53. The number of aliphatic hydroxyl groups excluding tert-OH is 2. The molecule has 2 unspecified atom stereocenters. The maximum absolute atomic E-state index is 9.35. The molecule has 1 aliphatic heterocycles. The molecule has 4 heteroatoms. The Hall–Kier alpha value is -0.160. The van der Waals surface area contributed by atoms with Gasteiger partial charge in [0, 0.05) is 12.8 Å². The molecule has 1 saturated heterocycles. The van der Waals surface area contributed by atoms with Crippen molar-refractivity contribution in [1.82, 2.24) is 0 Å². The minimum atomic E-state index is -0.806. The molecule has 13 heavy (non-hydrogen) atoms. The summed E-state index contributed by atoms with van der Waals surface area (Å²) >= 11 is 0. The van der Waals surface area contributed by atoms with Crippen molar-refractivity contribution in [2.45, 2.75) is 43.7 Å². The van der Waals surface area contributed by atoms with Gasteiger partial charge in [0.05, 0.1) is 13.2 Å². The molecule has 2 atom stereocenters. The van der Waals surface area contributed by atoms with Gasteiger partial charge in [-0.2, -0.15) is 0 Å². The van der Waals surface area contributed by atoms with E-state index < -0.39 is 11.9 Å². The number of hydrogen-bond acceptors (Lipinski definition) is 4. The maximum atomic E-state index is 9.35. The van der Waals surface area contributed by atoms with Crippen molar-refractivity contribution in [2.24, 2.45) is 0 Å². The van der Waals surface area contributed by atoms with E-state index in [1.54, 1.807) is 0 Å². The number of hydrogen-bond donors (Lipinski definition) is 2. The zero-order chi connectivity index (χ0) is 9.31. The Morgan fingerprint density at radius 2 is 2.08 bits per heavy atom. The van der Waals surface area contributed by atoms with Gasteiger partial charge in [-0.05, 0) is 12.8 Å². The van der Waals surface area contributed by atoms with Gasteiger partial charge in [0.2, 0.25) is 0 Å². The van der Waals surface area contributed by atoms with Crippen molar-refractivity contribution in [3.05, 3.63) is 0 Å². The van der Waals surface area contributed by atoms with E-state index in [-0.39, 0.29) is 12.7 Å². The first kappa shape index (κ1) is 9.40. The van der Waals surface area contributed by atoms with Crippen LogP contribution in [0.4, 0.5) is 0 Å². The minimum Gasteiger partial charge on any atom is -0.394 e. The van der Waals surface area contributed by atoms with Gasteiger partial charge in [-0.1, -0.05) is 0 Å². The Morgan fingerprint density at radius 3 is 2.69 bits per heavy atom. The van der Waals surface area contributed by atoms with Crippen LogP contribution < -0.4 is 0 Å². The van der Waals surface area contributed by atoms with Crippen molar-refractivity contribution in [3.63, 3.8) is 0 Å². The second-order valence-electron chi connectivity index (χ2n) is 3.84. The molecule has 0 aromatic rings. The van der Waals surface area contributed by atoms with Crippen LogP contribution in [0.25, 0.3) is 0 Å². The van der Waals surface area contributed by atoms with Gasteiger partial charge in [0.25, 0.3) is 0 Å². The van der Waals surface area contributed by atoms with Gasteiger partial charge in [0.1, 0.15) is 12.2 Å². The van der Waals surface area contributed by atoms with E-state index in [1.807, 2.05) is 0 Å². The van der Waals surface area contributed by atoms with E-state index in [4.69, 9.17) is 14.6 Å². The van der Waals surface area contributed by atoms with Crippen LogP contribution in [0.2, 0.25) is 0 Å². The molecule has 76 valence electrons. The minimum absolute atomic E-state index is 0.260. The van der Waals surface area contributed by atoms with Crippen molar-refractivity contribution in [3.8, 4) is 0 Å². The summed E-state index contributed by atoms with van der Waals surface area (Å²) in [4.78, 5) is 0. The largest absolute Gasteiger partial charge is 0.394 e. The molecule has 4 nitrogen and oxygen atoms in total. The van der Waals surface area contributed by atoms with Crippen LogP contribution in [0, 0.1) is 0 Å². The highest BCUT2D eigenvalue weighted by Gasteiger charge is 2.45. The predicted octanol–water partition coefficient (Wildman–Crippen LogP) is 0.0253. The highest BCUT2D eigenvalue weighted by molar-refractivity contribution is 4.86. The molecule has 0 radical (unpaired) electrons. The summed E-state index contributed by atoms with van der Waals surface area (Å²) in [7, 11) is 0. The van der Waals surface area contributed by atoms with E-state index >= 15 is 0 Å². The fourth-order valence-electron chi connectivity index (χ4n) is 2.06. The standard InChI is InChI=1S/C9H16O4/c10-5-7(11)8-6-12-9(13-8)3-1-2-4-9/h7-8,10-11H,1-6H2. The molecule has 2 fully saturated rings. The number of rotatable bonds is 2. The molecule has 2 N–H and O–H groups in total. The lowest BCUT2D eigenvalue weighted by atomic mass is 10.2. The average molecular weight is 188 g/mol. The van der Waals surface area contributed by atoms with Crippen molar-refractivity contribution in [1.29, 1.82) is 0 Å². The molecule has 1 aliphatic carbocycles. The van der Waals surface area contributed by atoms with Crippen LogP contribution in [-0.4, -0.2) is 41.4 Å². The van der Waals surface area contributed by atoms with E-state index in [0.29, 0.717) is 6.61 Å². The molecular formula is C9H16O4. The lowest BCUT2D eigenvalue weighted by Crippen LogP contribution is -2.34. The summed E-state index contributed by atoms with van der Waals surface area (Å²) in [5.41, 5.74) is 0. The number of aliphatic hydroxyl groups is 2. The Labute approximate surface area is 77.5 Å². The molecule has 1 saturated carbocycles. The van der Waals surface area contributed by atoms with E-state index in [2.05, 4.69) is 0 Å². The summed E-state index contributed by atoms with van der Waals surface area (Å²) in [5.74, 6) is -0.430. The second-order valence-corrected chi connectivity index (χ2v) is 3.84. The summed E-state index contributed by atoms with van der Waals surface area (Å²) in [6.45, 7) is 0.145. The molecule has 0 amide bonds. The highest BCUT2D eigenvalue weighted by atomic mass is 16.7. The Kier molecular flexibility index (Phi) is 2.55. The Balaban J connectivity index is 1.93. The summed E-state index contributed by atoms with van der Waals surface area (Å²) in [5, 5.41) is 18.1. The Morgan fingerprint density at radius 1 is 1.38 bits per heavy atom. The zero-order valence-electron chi connectivity index (χ0n) is 7.61. The van der Waals surface area contributed by atoms with Crippen LogP contribution in [-0.2, 0) is 9.47 Å². The zero-order valence-corrected chi connectivity index (χ0v) is 7.61. The molecule has 0 bridgehead atoms. The quantitative estimate of drug-likeness (QED) is 0.641. The SMILES string of the molecule is OCC(O)C1COC2(CCCC2)O1. The monoisotopic (exact) mass is 188 g/mol. The third-order valence-corrected chi connectivity index (χ3v) is 2.86. The number of ether oxygens (including phenoxy) is 2. The predicted molar refractivity (Wildman–Crippen MR) is 45.1 cm³/mol. The van der Waals surface area contributed by atoms with Gasteiger partial charge in [0.15, 0.2) is 5.79 Å². The summed E-state index contributed by atoms with van der Waals surface area (Å²) in [6.07, 6.45) is 2.94. The van der Waals surface area contributed by atoms with Crippen LogP contribution in [0.15, 0.2) is 0 Å². The summed E-state index contributed by atoms with van der Waals surface area (Å²) in [6, 6.07) is 0. The fourth-order valence-corrected chi connectivity index (χ4v) is 2.06. The summed E-state index contributed by atoms with van der Waals surface area (Å²) < 4.78 is 11.2. The van der Waals surface area contributed by atoms with Gasteiger partial charge in [-0.3, -0.25) is 0 Å². The first-order chi connectivity index (χ1) is 6.26. The van der Waals surface area contributed by atoms with Crippen LogP contribution in [0.5, 0.6) is 0 Å². The van der Waals surface area contributed by atoms with Gasteiger partial charge in [-0.15, -0.1) is 0 Å². The van der Waals surface area contributed by atoms with Crippen LogP contribution in [0.3, 0.4) is 0 Å². The smallest absolute Gasteiger partial charge is 0.169 e. The fraction of sp³-hybridized carbons (Fsp3) is 1.00. The van der Waals surface area contributed by atoms with Crippen molar-refractivity contribution >= 4 is 0 Å². The highest BCUT2D eigenvalue weighted by Crippen LogP contribution is 2.39. The first-order valence-corrected chi connectivity index (χ1v) is 4.86. The molecule has 1 heterocycles. The topological polar surface area (TPSA) is 58.9 Å². The lowest BCUT2D eigenvalue weighted by molar-refractivity contribution is -0.174. The Bertz CT molecular complexity index is 176. The van der Waals surface area contributed by atoms with Gasteiger partial charge < -0.3 is 19.7 Å². The van der Waals surface area contributed by atoms with Crippen LogP contribution in [0.1, 0.15) is 25.7 Å². The lowest BCUT2D eigenvalue weighted by Gasteiger charge is -2.22. The molecule has 0 aromatic carbocycles. The molecular weight excluding hydrogens is 172 g/mol. The third-order valence-electron chi connectivity index (χ3n) is 2.86. The van der Waals surface area contributed by atoms with E-state index in [0.717, 1.165) is 25.7 Å². The van der Waals surface area contributed by atoms with Gasteiger partial charge >= 0.3 is 0 Å². The maximum Gasteiger partial charge on any atom is 0.169 e. The van der Waals surface area contributed by atoms with E-state index in [9.17, 15) is 5.11 Å². The average Bonchev–Trinajstić information content (AvgIpc) is 2.76. The third kappa shape index (κ3) is 1.72. The van der Waals surface area contributed by atoms with Crippen LogP contribution >= 0.6 is 0 Å². The molecule has 2 aliphatic rings. The molecule has 2 rings (SSSR count). The molecule has 0 aromatic heterocycles.